The number of primary amides is 1. The summed E-state index contributed by atoms with van der Waals surface area (Å²) in [5, 5.41) is 8.65. The van der Waals surface area contributed by atoms with Crippen molar-refractivity contribution in [1.29, 1.82) is 0 Å². The van der Waals surface area contributed by atoms with Crippen molar-refractivity contribution in [2.45, 2.75) is 45.6 Å². The molecule has 3 N–H and O–H groups in total. The maximum Gasteiger partial charge on any atom is 0.305 e. The highest BCUT2D eigenvalue weighted by atomic mass is 16.5. The Balaban J connectivity index is 0.000000387. The minimum Gasteiger partial charge on any atom is -0.469 e. The third kappa shape index (κ3) is 8.05. The van der Waals surface area contributed by atoms with E-state index in [0.717, 1.165) is 12.0 Å². The molecule has 0 fully saturated rings. The molecular weight excluding hydrogens is 342 g/mol. The number of carbonyl (C=O) groups excluding carboxylic acids is 2. The van der Waals surface area contributed by atoms with Crippen LogP contribution in [0.5, 0.6) is 0 Å². The molecule has 0 heterocycles. The zero-order chi connectivity index (χ0) is 20.2. The van der Waals surface area contributed by atoms with Crippen LogP contribution in [0.2, 0.25) is 0 Å². The van der Waals surface area contributed by atoms with Crippen molar-refractivity contribution in [2.24, 2.45) is 5.73 Å². The minimum atomic E-state index is -0.944. The molecule has 0 radical (unpaired) electrons. The fourth-order valence-corrected chi connectivity index (χ4v) is 2.56. The highest BCUT2D eigenvalue weighted by Crippen LogP contribution is 2.24. The van der Waals surface area contributed by atoms with Crippen molar-refractivity contribution in [3.05, 3.63) is 59.7 Å². The number of benzene rings is 2. The molecule has 0 aliphatic carbocycles. The number of amides is 1. The van der Waals surface area contributed by atoms with E-state index >= 15 is 0 Å². The van der Waals surface area contributed by atoms with Crippen molar-refractivity contribution in [1.82, 2.24) is 0 Å². The number of aliphatic hydroxyl groups is 1. The summed E-state index contributed by atoms with van der Waals surface area (Å²) in [5.41, 5.74) is 9.58. The Bertz CT molecular complexity index is 743. The summed E-state index contributed by atoms with van der Waals surface area (Å²) >= 11 is 0. The molecule has 0 bridgehead atoms. The van der Waals surface area contributed by atoms with Crippen LogP contribution in [-0.2, 0) is 20.7 Å². The number of carbonyl (C=O) groups is 2. The van der Waals surface area contributed by atoms with E-state index < -0.39 is 12.0 Å². The van der Waals surface area contributed by atoms with Gasteiger partial charge in [0.2, 0.25) is 5.91 Å². The molecule has 0 saturated carbocycles. The first-order chi connectivity index (χ1) is 12.9. The van der Waals surface area contributed by atoms with Crippen LogP contribution in [0.25, 0.3) is 11.1 Å². The Morgan fingerprint density at radius 1 is 1.15 bits per heavy atom. The average molecular weight is 371 g/mol. The molecule has 146 valence electrons. The Hall–Kier alpha value is -2.66. The molecule has 27 heavy (non-hydrogen) atoms. The molecule has 5 heteroatoms. The lowest BCUT2D eigenvalue weighted by atomic mass is 9.98. The van der Waals surface area contributed by atoms with E-state index in [-0.39, 0.29) is 5.97 Å². The van der Waals surface area contributed by atoms with Crippen molar-refractivity contribution >= 4 is 11.9 Å². The Labute approximate surface area is 161 Å². The maximum atomic E-state index is 11.2. The van der Waals surface area contributed by atoms with E-state index in [1.54, 1.807) is 0 Å². The van der Waals surface area contributed by atoms with Crippen LogP contribution < -0.4 is 5.73 Å². The van der Waals surface area contributed by atoms with Crippen LogP contribution in [-0.4, -0.2) is 30.2 Å². The highest BCUT2D eigenvalue weighted by molar-refractivity contribution is 5.78. The molecule has 1 atom stereocenters. The van der Waals surface area contributed by atoms with Gasteiger partial charge in [-0.1, -0.05) is 61.9 Å². The second kappa shape index (κ2) is 11.9. The molecule has 0 aliphatic rings. The fourth-order valence-electron chi connectivity index (χ4n) is 2.56. The van der Waals surface area contributed by atoms with Crippen molar-refractivity contribution < 1.29 is 19.4 Å². The lowest BCUT2D eigenvalue weighted by Crippen LogP contribution is -2.27. The largest absolute Gasteiger partial charge is 0.469 e. The minimum absolute atomic E-state index is 0.165. The molecule has 0 saturated heterocycles. The predicted octanol–water partition coefficient (Wildman–Crippen LogP) is 3.40. The summed E-state index contributed by atoms with van der Waals surface area (Å²) in [6.07, 6.45) is 1.44. The van der Waals surface area contributed by atoms with Crippen LogP contribution in [0.1, 0.15) is 37.3 Å². The summed E-state index contributed by atoms with van der Waals surface area (Å²) in [5.74, 6) is -0.798. The number of nitrogens with two attached hydrogens (primary N) is 1. The molecular formula is C22H29NO4. The van der Waals surface area contributed by atoms with Crippen LogP contribution in [0.4, 0.5) is 0 Å². The second-order valence-corrected chi connectivity index (χ2v) is 6.30. The second-order valence-electron chi connectivity index (χ2n) is 6.30. The summed E-state index contributed by atoms with van der Waals surface area (Å²) in [4.78, 5) is 21.2. The first-order valence-electron chi connectivity index (χ1n) is 9.08. The van der Waals surface area contributed by atoms with E-state index in [0.29, 0.717) is 19.3 Å². The monoisotopic (exact) mass is 371 g/mol. The van der Waals surface area contributed by atoms with Crippen LogP contribution in [0.3, 0.4) is 0 Å². The number of ether oxygens (including phenoxy) is 1. The molecule has 2 rings (SSSR count). The zero-order valence-corrected chi connectivity index (χ0v) is 16.3. The van der Waals surface area contributed by atoms with Gasteiger partial charge >= 0.3 is 5.97 Å². The molecule has 0 spiro atoms. The fraction of sp³-hybridized carbons (Fsp3) is 0.364. The summed E-state index contributed by atoms with van der Waals surface area (Å²) < 4.78 is 4.67. The lowest BCUT2D eigenvalue weighted by molar-refractivity contribution is -0.140. The Morgan fingerprint density at radius 2 is 1.85 bits per heavy atom. The molecule has 0 aromatic heterocycles. The van der Waals surface area contributed by atoms with Crippen LogP contribution in [0, 0.1) is 6.92 Å². The predicted molar refractivity (Wildman–Crippen MR) is 107 cm³/mol. The third-order valence-electron chi connectivity index (χ3n) is 4.12. The highest BCUT2D eigenvalue weighted by Gasteiger charge is 2.07. The normalized spacial score (nSPS) is 11.1. The molecule has 2 aromatic carbocycles. The summed E-state index contributed by atoms with van der Waals surface area (Å²) in [7, 11) is 1.42. The lowest BCUT2D eigenvalue weighted by Gasteiger charge is -2.08. The van der Waals surface area contributed by atoms with Gasteiger partial charge in [-0.2, -0.15) is 0 Å². The number of methoxy groups -OCH3 is 1. The Morgan fingerprint density at radius 3 is 2.41 bits per heavy atom. The van der Waals surface area contributed by atoms with Gasteiger partial charge in [-0.15, -0.1) is 0 Å². The SMILES string of the molecule is CCCC(O)C(N)=O.COC(=O)CCc1cccc(-c2ccccc2C)c1. The van der Waals surface area contributed by atoms with E-state index in [1.165, 1.54) is 23.8 Å². The number of esters is 1. The van der Waals surface area contributed by atoms with Gasteiger partial charge in [0.05, 0.1) is 7.11 Å². The Kier molecular flexibility index (Phi) is 9.83. The van der Waals surface area contributed by atoms with E-state index in [1.807, 2.05) is 31.2 Å². The van der Waals surface area contributed by atoms with E-state index in [2.05, 4.69) is 35.9 Å². The van der Waals surface area contributed by atoms with Crippen molar-refractivity contribution in [3.63, 3.8) is 0 Å². The number of rotatable bonds is 7. The average Bonchev–Trinajstić information content (AvgIpc) is 2.67. The first-order valence-corrected chi connectivity index (χ1v) is 9.08. The number of hydrogen-bond donors (Lipinski definition) is 2. The molecule has 1 amide bonds. The first kappa shape index (κ1) is 22.4. The van der Waals surface area contributed by atoms with Crippen LogP contribution >= 0.6 is 0 Å². The van der Waals surface area contributed by atoms with Gasteiger partial charge in [0.15, 0.2) is 0 Å². The van der Waals surface area contributed by atoms with Gasteiger partial charge in [0.1, 0.15) is 6.10 Å². The van der Waals surface area contributed by atoms with Gasteiger partial charge in [0.25, 0.3) is 0 Å². The summed E-state index contributed by atoms with van der Waals surface area (Å²) in [6.45, 7) is 3.99. The van der Waals surface area contributed by atoms with Gasteiger partial charge in [-0.25, -0.2) is 0 Å². The topological polar surface area (TPSA) is 89.6 Å². The zero-order valence-electron chi connectivity index (χ0n) is 16.3. The molecule has 2 aromatic rings. The molecule has 5 nitrogen and oxygen atoms in total. The van der Waals surface area contributed by atoms with Crippen molar-refractivity contribution in [3.8, 4) is 11.1 Å². The quantitative estimate of drug-likeness (QED) is 0.730. The summed E-state index contributed by atoms with van der Waals surface area (Å²) in [6, 6.07) is 16.6. The van der Waals surface area contributed by atoms with Gasteiger partial charge in [0, 0.05) is 6.42 Å². The smallest absolute Gasteiger partial charge is 0.305 e. The van der Waals surface area contributed by atoms with Gasteiger partial charge < -0.3 is 15.6 Å². The van der Waals surface area contributed by atoms with E-state index in [9.17, 15) is 9.59 Å². The molecule has 0 aliphatic heterocycles. The third-order valence-corrected chi connectivity index (χ3v) is 4.12. The van der Waals surface area contributed by atoms with Crippen molar-refractivity contribution in [2.75, 3.05) is 7.11 Å². The maximum absolute atomic E-state index is 11.2. The standard InChI is InChI=1S/C17H18O2.C5H11NO2/c1-13-6-3-4-9-16(13)15-8-5-7-14(12-15)10-11-17(18)19-2;1-2-3-4(7)5(6)8/h3-9,12H,10-11H2,1-2H3;4,7H,2-3H2,1H3,(H2,6,8). The number of aryl methyl sites for hydroxylation is 2. The van der Waals surface area contributed by atoms with Gasteiger partial charge in [-0.05, 0) is 42.0 Å². The van der Waals surface area contributed by atoms with Gasteiger partial charge in [-0.3, -0.25) is 9.59 Å². The van der Waals surface area contributed by atoms with Crippen LogP contribution in [0.15, 0.2) is 48.5 Å². The van der Waals surface area contributed by atoms with E-state index in [4.69, 9.17) is 10.8 Å². The number of hydrogen-bond acceptors (Lipinski definition) is 4. The molecule has 1 unspecified atom stereocenters. The number of aliphatic hydroxyl groups excluding tert-OH is 1.